The zero-order valence-corrected chi connectivity index (χ0v) is 24.0. The highest BCUT2D eigenvalue weighted by molar-refractivity contribution is 5.76. The van der Waals surface area contributed by atoms with Gasteiger partial charge in [-0.2, -0.15) is 0 Å². The summed E-state index contributed by atoms with van der Waals surface area (Å²) in [7, 11) is 5.50. The number of nitrogens with zero attached hydrogens (tertiary/aromatic N) is 1. The maximum Gasteiger partial charge on any atom is 0.306 e. The van der Waals surface area contributed by atoms with Crippen LogP contribution in [0.5, 0.6) is 11.5 Å². The fourth-order valence-corrected chi connectivity index (χ4v) is 4.51. The van der Waals surface area contributed by atoms with Crippen LogP contribution in [-0.2, 0) is 27.2 Å². The summed E-state index contributed by atoms with van der Waals surface area (Å²) < 4.78 is 16.7. The highest BCUT2D eigenvalue weighted by atomic mass is 16.6. The normalized spacial score (nSPS) is 11.8. The molecule has 0 aromatic heterocycles. The number of aliphatic carboxylic acids is 1. The molecular weight excluding hydrogens is 494 g/mol. The number of methoxy groups -OCH3 is 1. The van der Waals surface area contributed by atoms with Crippen LogP contribution in [0.2, 0.25) is 0 Å². The van der Waals surface area contributed by atoms with Gasteiger partial charge in [-0.15, -0.1) is 0 Å². The monoisotopic (exact) mass is 541 g/mol. The number of carbonyl (C=O) groups excluding carboxylic acids is 1. The molecule has 0 aliphatic heterocycles. The maximum atomic E-state index is 12.0. The van der Waals surface area contributed by atoms with E-state index in [0.29, 0.717) is 6.54 Å². The van der Waals surface area contributed by atoms with Crippen molar-refractivity contribution in [3.8, 4) is 11.5 Å². The molecule has 1 unspecified atom stereocenters. The van der Waals surface area contributed by atoms with Gasteiger partial charge in [0.15, 0.2) is 0 Å². The minimum Gasteiger partial charge on any atom is -0.497 e. The fraction of sp³-hybridized carbons (Fsp3) is 0.562. The average Bonchev–Trinajstić information content (AvgIpc) is 2.91. The van der Waals surface area contributed by atoms with Gasteiger partial charge in [0, 0.05) is 6.54 Å². The number of carbonyl (C=O) groups is 2. The molecule has 216 valence electrons. The Morgan fingerprint density at radius 2 is 1.33 bits per heavy atom. The minimum atomic E-state index is -1.01. The molecular formula is C32H47NO6. The van der Waals surface area contributed by atoms with Crippen molar-refractivity contribution in [3.05, 3.63) is 59.7 Å². The Kier molecular flexibility index (Phi) is 15.7. The molecule has 0 spiro atoms. The van der Waals surface area contributed by atoms with Crippen molar-refractivity contribution in [3.63, 3.8) is 0 Å². The number of carboxylic acid groups (broad SMARTS) is 1. The summed E-state index contributed by atoms with van der Waals surface area (Å²) in [5.41, 5.74) is 2.60. The van der Waals surface area contributed by atoms with Crippen molar-refractivity contribution in [2.24, 2.45) is 0 Å². The quantitative estimate of drug-likeness (QED) is 0.146. The summed E-state index contributed by atoms with van der Waals surface area (Å²) in [5.74, 6) is 0.164. The number of carboxylic acids is 1. The zero-order valence-electron chi connectivity index (χ0n) is 24.0. The molecule has 1 N–H and O–H groups in total. The third-order valence-electron chi connectivity index (χ3n) is 6.56. The van der Waals surface area contributed by atoms with E-state index in [2.05, 4.69) is 30.3 Å². The van der Waals surface area contributed by atoms with E-state index in [1.54, 1.807) is 7.11 Å². The van der Waals surface area contributed by atoms with Crippen LogP contribution in [0, 0.1) is 0 Å². The smallest absolute Gasteiger partial charge is 0.306 e. The Balaban J connectivity index is 1.59. The van der Waals surface area contributed by atoms with E-state index in [1.165, 1.54) is 56.1 Å². The summed E-state index contributed by atoms with van der Waals surface area (Å²) in [6.45, 7) is 0.723. The van der Waals surface area contributed by atoms with Gasteiger partial charge in [0.2, 0.25) is 0 Å². The molecule has 2 aromatic rings. The Morgan fingerprint density at radius 1 is 0.795 bits per heavy atom. The van der Waals surface area contributed by atoms with E-state index in [-0.39, 0.29) is 19.4 Å². The molecule has 0 aliphatic carbocycles. The van der Waals surface area contributed by atoms with Gasteiger partial charge in [0.1, 0.15) is 24.2 Å². The Labute approximate surface area is 234 Å². The first-order valence-electron chi connectivity index (χ1n) is 14.3. The lowest BCUT2D eigenvalue weighted by atomic mass is 10.0. The van der Waals surface area contributed by atoms with Crippen molar-refractivity contribution in [2.75, 3.05) is 34.4 Å². The molecule has 0 bridgehead atoms. The van der Waals surface area contributed by atoms with E-state index in [1.807, 2.05) is 37.2 Å². The molecule has 0 fully saturated rings. The zero-order chi connectivity index (χ0) is 28.3. The van der Waals surface area contributed by atoms with Gasteiger partial charge < -0.3 is 24.2 Å². The van der Waals surface area contributed by atoms with E-state index in [9.17, 15) is 9.59 Å². The molecule has 1 atom stereocenters. The second-order valence-corrected chi connectivity index (χ2v) is 10.4. The van der Waals surface area contributed by atoms with Crippen molar-refractivity contribution in [1.29, 1.82) is 0 Å². The third-order valence-corrected chi connectivity index (χ3v) is 6.56. The number of benzene rings is 2. The molecule has 7 nitrogen and oxygen atoms in total. The first kappa shape index (κ1) is 32.2. The second kappa shape index (κ2) is 19.1. The van der Waals surface area contributed by atoms with Crippen LogP contribution in [0.3, 0.4) is 0 Å². The van der Waals surface area contributed by atoms with Crippen LogP contribution >= 0.6 is 0 Å². The van der Waals surface area contributed by atoms with Gasteiger partial charge in [0.05, 0.1) is 20.0 Å². The predicted octanol–water partition coefficient (Wildman–Crippen LogP) is 6.32. The van der Waals surface area contributed by atoms with Crippen molar-refractivity contribution >= 4 is 11.9 Å². The van der Waals surface area contributed by atoms with E-state index < -0.39 is 18.0 Å². The largest absolute Gasteiger partial charge is 0.497 e. The number of hydrogen-bond donors (Lipinski definition) is 1. The number of ether oxygens (including phenoxy) is 3. The lowest BCUT2D eigenvalue weighted by Gasteiger charge is -2.22. The Morgan fingerprint density at radius 3 is 1.87 bits per heavy atom. The number of unbranched alkanes of at least 4 members (excludes halogenated alkanes) is 7. The number of esters is 1. The van der Waals surface area contributed by atoms with Crippen LogP contribution in [0.25, 0.3) is 0 Å². The number of hydrogen-bond acceptors (Lipinski definition) is 6. The molecule has 7 heteroatoms. The first-order valence-corrected chi connectivity index (χ1v) is 14.3. The van der Waals surface area contributed by atoms with Gasteiger partial charge in [0.25, 0.3) is 0 Å². The highest BCUT2D eigenvalue weighted by Crippen LogP contribution is 2.18. The first-order chi connectivity index (χ1) is 18.9. The van der Waals surface area contributed by atoms with E-state index in [0.717, 1.165) is 30.8 Å². The van der Waals surface area contributed by atoms with Gasteiger partial charge >= 0.3 is 11.9 Å². The maximum absolute atomic E-state index is 12.0. The van der Waals surface area contributed by atoms with Crippen molar-refractivity contribution < 1.29 is 28.9 Å². The molecule has 0 radical (unpaired) electrons. The molecule has 2 aromatic carbocycles. The van der Waals surface area contributed by atoms with Crippen LogP contribution in [0.1, 0.15) is 75.3 Å². The molecule has 2 rings (SSSR count). The molecule has 0 heterocycles. The number of likely N-dealkylation sites (N-methyl/N-ethyl adjacent to an activating group) is 1. The van der Waals surface area contributed by atoms with Gasteiger partial charge in [-0.25, -0.2) is 0 Å². The standard InChI is InChI=1S/C32H47NO6/c1-33(2)24-30(39-32(36)21-20-31(34)35)25-38-29-19-13-17-27(23-29)15-11-9-7-5-4-6-8-10-14-26-16-12-18-28(22-26)37-3/h12-13,16-19,22-23,30H,4-11,14-15,20-21,24-25H2,1-3H3,(H,34,35). The molecule has 0 aliphatic rings. The van der Waals surface area contributed by atoms with Gasteiger partial charge in [-0.1, -0.05) is 62.8 Å². The summed E-state index contributed by atoms with van der Waals surface area (Å²) in [6.07, 6.45) is 11.4. The van der Waals surface area contributed by atoms with Crippen LogP contribution < -0.4 is 9.47 Å². The molecule has 0 saturated carbocycles. The summed E-state index contributed by atoms with van der Waals surface area (Å²) in [4.78, 5) is 24.6. The summed E-state index contributed by atoms with van der Waals surface area (Å²) in [6, 6.07) is 16.5. The molecule has 0 saturated heterocycles. The number of aryl methyl sites for hydroxylation is 2. The molecule has 0 amide bonds. The van der Waals surface area contributed by atoms with Crippen LogP contribution in [0.15, 0.2) is 48.5 Å². The second-order valence-electron chi connectivity index (χ2n) is 10.4. The van der Waals surface area contributed by atoms with Gasteiger partial charge in [-0.3, -0.25) is 9.59 Å². The predicted molar refractivity (Wildman–Crippen MR) is 155 cm³/mol. The van der Waals surface area contributed by atoms with Crippen LogP contribution in [-0.4, -0.2) is 62.4 Å². The Bertz CT molecular complexity index is 977. The minimum absolute atomic E-state index is 0.140. The van der Waals surface area contributed by atoms with Crippen molar-refractivity contribution in [1.82, 2.24) is 4.90 Å². The topological polar surface area (TPSA) is 85.3 Å². The lowest BCUT2D eigenvalue weighted by molar-refractivity contribution is -0.153. The summed E-state index contributed by atoms with van der Waals surface area (Å²) in [5, 5.41) is 8.77. The number of rotatable bonds is 21. The van der Waals surface area contributed by atoms with E-state index >= 15 is 0 Å². The van der Waals surface area contributed by atoms with Crippen molar-refractivity contribution in [2.45, 2.75) is 83.2 Å². The summed E-state index contributed by atoms with van der Waals surface area (Å²) >= 11 is 0. The van der Waals surface area contributed by atoms with E-state index in [4.69, 9.17) is 19.3 Å². The molecule has 39 heavy (non-hydrogen) atoms. The van der Waals surface area contributed by atoms with Gasteiger partial charge in [-0.05, 0) is 75.2 Å². The SMILES string of the molecule is COc1cccc(CCCCCCCCCCc2cccc(OCC(CN(C)C)OC(=O)CCC(=O)O)c2)c1. The highest BCUT2D eigenvalue weighted by Gasteiger charge is 2.17. The average molecular weight is 542 g/mol. The lowest BCUT2D eigenvalue weighted by Crippen LogP contribution is -2.35. The third kappa shape index (κ3) is 15.2. The van der Waals surface area contributed by atoms with Crippen LogP contribution in [0.4, 0.5) is 0 Å². The Hall–Kier alpha value is -3.06. The fourth-order valence-electron chi connectivity index (χ4n) is 4.51.